The summed E-state index contributed by atoms with van der Waals surface area (Å²) in [7, 11) is 2.94. The molecule has 0 saturated heterocycles. The van der Waals surface area contributed by atoms with Gasteiger partial charge in [0, 0.05) is 10.0 Å². The fraction of sp³-hybridized carbons (Fsp3) is 0.304. The summed E-state index contributed by atoms with van der Waals surface area (Å²) in [6.45, 7) is 5.24. The van der Waals surface area contributed by atoms with Crippen LogP contribution < -0.4 is 19.8 Å². The second-order valence-electron chi connectivity index (χ2n) is 6.95. The zero-order valence-corrected chi connectivity index (χ0v) is 20.5. The molecular formula is C23H24BrN3O6. The number of nitrogens with zero attached hydrogens (tertiary/aromatic N) is 3. The summed E-state index contributed by atoms with van der Waals surface area (Å²) in [6.07, 6.45) is 0.625. The molecule has 0 saturated carbocycles. The summed E-state index contributed by atoms with van der Waals surface area (Å²) < 4.78 is 23.6. The zero-order valence-electron chi connectivity index (χ0n) is 18.9. The molecule has 0 amide bonds. The molecular weight excluding hydrogens is 494 g/mol. The third-order valence-corrected chi connectivity index (χ3v) is 5.18. The summed E-state index contributed by atoms with van der Waals surface area (Å²) in [4.78, 5) is 29.3. The molecule has 0 N–H and O–H groups in total. The van der Waals surface area contributed by atoms with Crippen molar-refractivity contribution in [3.8, 4) is 17.2 Å². The van der Waals surface area contributed by atoms with Gasteiger partial charge in [-0.05, 0) is 51.1 Å². The van der Waals surface area contributed by atoms with Gasteiger partial charge in [0.15, 0.2) is 17.6 Å². The van der Waals surface area contributed by atoms with Crippen molar-refractivity contribution >= 4 is 39.0 Å². The lowest BCUT2D eigenvalue weighted by Crippen LogP contribution is -2.26. The van der Waals surface area contributed by atoms with Gasteiger partial charge in [0.1, 0.15) is 5.82 Å². The fourth-order valence-electron chi connectivity index (χ4n) is 3.10. The minimum absolute atomic E-state index is 0.246. The molecule has 1 heterocycles. The largest absolute Gasteiger partial charge is 0.493 e. The Morgan fingerprint density at radius 2 is 1.88 bits per heavy atom. The van der Waals surface area contributed by atoms with Gasteiger partial charge in [0.05, 0.1) is 37.9 Å². The Bertz CT molecular complexity index is 1250. The Morgan fingerprint density at radius 3 is 2.48 bits per heavy atom. The minimum Gasteiger partial charge on any atom is -0.493 e. The number of fused-ring (bicyclic) bond motifs is 1. The summed E-state index contributed by atoms with van der Waals surface area (Å²) in [5.41, 5.74) is 0.880. The van der Waals surface area contributed by atoms with E-state index in [1.54, 1.807) is 45.0 Å². The van der Waals surface area contributed by atoms with Gasteiger partial charge in [0.25, 0.3) is 5.56 Å². The van der Waals surface area contributed by atoms with E-state index in [4.69, 9.17) is 18.9 Å². The minimum atomic E-state index is -0.864. The van der Waals surface area contributed by atoms with Crippen LogP contribution in [0.2, 0.25) is 0 Å². The maximum atomic E-state index is 12.9. The molecule has 1 atom stereocenters. The van der Waals surface area contributed by atoms with Crippen molar-refractivity contribution in [2.24, 2.45) is 5.10 Å². The molecule has 0 aliphatic carbocycles. The van der Waals surface area contributed by atoms with Gasteiger partial charge < -0.3 is 18.9 Å². The van der Waals surface area contributed by atoms with Crippen LogP contribution in [0.25, 0.3) is 10.9 Å². The Hall–Kier alpha value is -3.40. The van der Waals surface area contributed by atoms with Crippen molar-refractivity contribution in [1.82, 2.24) is 9.66 Å². The average molecular weight is 518 g/mol. The Kier molecular flexibility index (Phi) is 7.70. The molecule has 3 rings (SSSR count). The quantitative estimate of drug-likeness (QED) is 0.331. The molecule has 0 radical (unpaired) electrons. The predicted octanol–water partition coefficient (Wildman–Crippen LogP) is 3.70. The molecule has 33 heavy (non-hydrogen) atoms. The molecule has 0 aliphatic rings. The first-order valence-electron chi connectivity index (χ1n) is 10.1. The van der Waals surface area contributed by atoms with E-state index in [9.17, 15) is 9.59 Å². The van der Waals surface area contributed by atoms with E-state index in [1.165, 1.54) is 25.1 Å². The van der Waals surface area contributed by atoms with Gasteiger partial charge in [-0.1, -0.05) is 15.9 Å². The Balaban J connectivity index is 1.99. The molecule has 9 nitrogen and oxygen atoms in total. The average Bonchev–Trinajstić information content (AvgIpc) is 2.80. The summed E-state index contributed by atoms with van der Waals surface area (Å²) >= 11 is 3.38. The van der Waals surface area contributed by atoms with Crippen LogP contribution in [0.5, 0.6) is 17.2 Å². The number of methoxy groups -OCH3 is 2. The normalized spacial score (nSPS) is 12.1. The summed E-state index contributed by atoms with van der Waals surface area (Å²) in [5.74, 6) is 0.849. The Morgan fingerprint density at radius 1 is 1.21 bits per heavy atom. The van der Waals surface area contributed by atoms with Crippen LogP contribution in [-0.4, -0.2) is 48.8 Å². The third kappa shape index (κ3) is 5.33. The Labute approximate surface area is 199 Å². The molecule has 3 aromatic rings. The first-order valence-corrected chi connectivity index (χ1v) is 10.9. The fourth-order valence-corrected chi connectivity index (χ4v) is 3.46. The van der Waals surface area contributed by atoms with E-state index in [2.05, 4.69) is 26.0 Å². The lowest BCUT2D eigenvalue weighted by molar-refractivity contribution is -0.150. The number of aromatic nitrogens is 2. The highest BCUT2D eigenvalue weighted by atomic mass is 79.9. The number of rotatable bonds is 8. The van der Waals surface area contributed by atoms with E-state index >= 15 is 0 Å². The first-order chi connectivity index (χ1) is 15.8. The highest BCUT2D eigenvalue weighted by molar-refractivity contribution is 9.10. The van der Waals surface area contributed by atoms with Gasteiger partial charge in [-0.2, -0.15) is 9.78 Å². The molecule has 10 heteroatoms. The van der Waals surface area contributed by atoms with Crippen molar-refractivity contribution in [1.29, 1.82) is 0 Å². The number of hydrogen-bond acceptors (Lipinski definition) is 8. The van der Waals surface area contributed by atoms with Gasteiger partial charge in [-0.25, -0.2) is 9.78 Å². The molecule has 0 aliphatic heterocycles. The van der Waals surface area contributed by atoms with E-state index in [0.717, 1.165) is 4.47 Å². The smallest absolute Gasteiger partial charge is 0.347 e. The topological polar surface area (TPSA) is 101 Å². The van der Waals surface area contributed by atoms with Gasteiger partial charge in [-0.15, -0.1) is 0 Å². The highest BCUT2D eigenvalue weighted by Crippen LogP contribution is 2.39. The van der Waals surface area contributed by atoms with Crippen LogP contribution in [0.4, 0.5) is 0 Å². The van der Waals surface area contributed by atoms with E-state index < -0.39 is 12.1 Å². The van der Waals surface area contributed by atoms with Crippen LogP contribution in [0.1, 0.15) is 25.2 Å². The number of esters is 1. The highest BCUT2D eigenvalue weighted by Gasteiger charge is 2.22. The number of ether oxygens (including phenoxy) is 4. The van der Waals surface area contributed by atoms with E-state index in [0.29, 0.717) is 33.8 Å². The van der Waals surface area contributed by atoms with E-state index in [1.807, 2.05) is 6.07 Å². The second-order valence-corrected chi connectivity index (χ2v) is 7.86. The lowest BCUT2D eigenvalue weighted by atomic mass is 10.2. The van der Waals surface area contributed by atoms with Crippen molar-refractivity contribution in [3.05, 3.63) is 56.5 Å². The summed E-state index contributed by atoms with van der Waals surface area (Å²) in [6, 6.07) is 8.62. The van der Waals surface area contributed by atoms with Gasteiger partial charge >= 0.3 is 5.97 Å². The van der Waals surface area contributed by atoms with E-state index in [-0.39, 0.29) is 17.9 Å². The maximum Gasteiger partial charge on any atom is 0.347 e. The van der Waals surface area contributed by atoms with Crippen molar-refractivity contribution in [2.45, 2.75) is 26.9 Å². The monoisotopic (exact) mass is 517 g/mol. The molecule has 2 aromatic carbocycles. The summed E-state index contributed by atoms with van der Waals surface area (Å²) in [5, 5.41) is 4.77. The lowest BCUT2D eigenvalue weighted by Gasteiger charge is -2.18. The first kappa shape index (κ1) is 24.2. The standard InChI is InChI=1S/C23H24BrN3O6/c1-6-32-23(29)13(2)33-21-19(30-4)9-15(10-20(21)31-5)12-25-27-14(3)26-18-8-7-16(24)11-17(18)22(27)28/h7-13H,6H2,1-5H3/t13-/m0/s1. The molecule has 0 fully saturated rings. The maximum absolute atomic E-state index is 12.9. The van der Waals surface area contributed by atoms with Crippen LogP contribution in [0, 0.1) is 6.92 Å². The number of hydrogen-bond donors (Lipinski definition) is 0. The molecule has 174 valence electrons. The van der Waals surface area contributed by atoms with Crippen molar-refractivity contribution in [3.63, 3.8) is 0 Å². The number of benzene rings is 2. The number of aryl methyl sites for hydroxylation is 1. The molecule has 1 aromatic heterocycles. The number of carbonyl (C=O) groups is 1. The van der Waals surface area contributed by atoms with Crippen LogP contribution >= 0.6 is 15.9 Å². The third-order valence-electron chi connectivity index (χ3n) is 4.69. The number of carbonyl (C=O) groups excluding carboxylic acids is 1. The predicted molar refractivity (Wildman–Crippen MR) is 128 cm³/mol. The molecule has 0 spiro atoms. The van der Waals surface area contributed by atoms with Crippen molar-refractivity contribution in [2.75, 3.05) is 20.8 Å². The number of halogens is 1. The van der Waals surface area contributed by atoms with Gasteiger partial charge in [0.2, 0.25) is 5.75 Å². The van der Waals surface area contributed by atoms with Crippen LogP contribution in [0.3, 0.4) is 0 Å². The second kappa shape index (κ2) is 10.5. The van der Waals surface area contributed by atoms with Gasteiger partial charge in [-0.3, -0.25) is 4.79 Å². The van der Waals surface area contributed by atoms with Crippen LogP contribution in [0.15, 0.2) is 44.7 Å². The molecule has 0 bridgehead atoms. The van der Waals surface area contributed by atoms with Crippen molar-refractivity contribution < 1.29 is 23.7 Å². The zero-order chi connectivity index (χ0) is 24.1. The molecule has 0 unspecified atom stereocenters. The van der Waals surface area contributed by atoms with Crippen LogP contribution in [-0.2, 0) is 9.53 Å². The SMILES string of the molecule is CCOC(=O)[C@H](C)Oc1c(OC)cc(C=Nn2c(C)nc3ccc(Br)cc3c2=O)cc1OC.